The first-order valence-corrected chi connectivity index (χ1v) is 9.81. The van der Waals surface area contributed by atoms with Crippen molar-refractivity contribution in [2.45, 2.75) is 56.7 Å². The molecule has 0 aliphatic carbocycles. The lowest BCUT2D eigenvalue weighted by Crippen LogP contribution is -2.62. The molecule has 3 fully saturated rings. The summed E-state index contributed by atoms with van der Waals surface area (Å²) >= 11 is 0. The van der Waals surface area contributed by atoms with E-state index in [9.17, 15) is 24.0 Å². The fourth-order valence-corrected chi connectivity index (χ4v) is 4.51. The van der Waals surface area contributed by atoms with Gasteiger partial charge in [0, 0.05) is 20.8 Å². The first-order valence-electron chi connectivity index (χ1n) is 9.81. The van der Waals surface area contributed by atoms with E-state index in [2.05, 4.69) is 0 Å². The lowest BCUT2D eigenvalue weighted by atomic mass is 9.76. The van der Waals surface area contributed by atoms with Gasteiger partial charge in [-0.2, -0.15) is 0 Å². The molecule has 0 radical (unpaired) electrons. The highest BCUT2D eigenvalue weighted by Gasteiger charge is 2.83. The van der Waals surface area contributed by atoms with E-state index in [4.69, 9.17) is 28.4 Å². The molecule has 1 aromatic carbocycles. The van der Waals surface area contributed by atoms with Crippen LogP contribution >= 0.6 is 0 Å². The second kappa shape index (κ2) is 7.59. The Hall–Kier alpha value is -3.47. The lowest BCUT2D eigenvalue weighted by Gasteiger charge is -2.38. The predicted molar refractivity (Wildman–Crippen MR) is 99.8 cm³/mol. The van der Waals surface area contributed by atoms with E-state index >= 15 is 0 Å². The number of carbonyl (C=O) groups excluding carboxylic acids is 5. The molecule has 1 spiro atoms. The number of hydrogen-bond donors (Lipinski definition) is 0. The maximum atomic E-state index is 13.2. The van der Waals surface area contributed by atoms with E-state index in [-0.39, 0.29) is 18.8 Å². The smallest absolute Gasteiger partial charge is 0.359 e. The van der Waals surface area contributed by atoms with Crippen molar-refractivity contribution in [1.82, 2.24) is 0 Å². The van der Waals surface area contributed by atoms with Crippen LogP contribution in [0.2, 0.25) is 0 Å². The SMILES string of the molecule is CC(=O)Oc1ccc([C@H]2CC(=O)O[C@@]23C(=O)O[C@@H]2[C@@H](OC(C)=O)CO[C@@]23OC(C)=O)cc1. The Balaban J connectivity index is 1.79. The molecule has 170 valence electrons. The Morgan fingerprint density at radius 2 is 1.69 bits per heavy atom. The lowest BCUT2D eigenvalue weighted by molar-refractivity contribution is -0.276. The van der Waals surface area contributed by atoms with Crippen LogP contribution in [0.5, 0.6) is 5.75 Å². The van der Waals surface area contributed by atoms with Crippen molar-refractivity contribution in [3.05, 3.63) is 29.8 Å². The van der Waals surface area contributed by atoms with Gasteiger partial charge in [0.1, 0.15) is 5.75 Å². The topological polar surface area (TPSA) is 141 Å². The van der Waals surface area contributed by atoms with Gasteiger partial charge in [-0.25, -0.2) is 4.79 Å². The first-order chi connectivity index (χ1) is 15.1. The van der Waals surface area contributed by atoms with Gasteiger partial charge in [-0.3, -0.25) is 19.2 Å². The van der Waals surface area contributed by atoms with Crippen molar-refractivity contribution in [3.8, 4) is 5.75 Å². The molecule has 3 aliphatic rings. The maximum absolute atomic E-state index is 13.2. The van der Waals surface area contributed by atoms with Crippen LogP contribution in [0.25, 0.3) is 0 Å². The zero-order chi connectivity index (χ0) is 23.3. The molecule has 0 aromatic heterocycles. The van der Waals surface area contributed by atoms with E-state index < -0.39 is 59.4 Å². The third kappa shape index (κ3) is 3.20. The molecule has 0 saturated carbocycles. The summed E-state index contributed by atoms with van der Waals surface area (Å²) in [6.07, 6.45) is -2.64. The van der Waals surface area contributed by atoms with E-state index in [1.165, 1.54) is 26.0 Å². The minimum atomic E-state index is -2.15. The van der Waals surface area contributed by atoms with Gasteiger partial charge in [-0.15, -0.1) is 0 Å². The molecular formula is C21H20O11. The molecule has 0 amide bonds. The molecule has 5 atom stereocenters. The normalized spacial score (nSPS) is 32.8. The summed E-state index contributed by atoms with van der Waals surface area (Å²) in [6, 6.07) is 6.07. The summed E-state index contributed by atoms with van der Waals surface area (Å²) in [5.74, 6) is -6.56. The maximum Gasteiger partial charge on any atom is 0.359 e. The van der Waals surface area contributed by atoms with Crippen LogP contribution in [0.4, 0.5) is 0 Å². The molecule has 3 saturated heterocycles. The number of rotatable bonds is 4. The van der Waals surface area contributed by atoms with Gasteiger partial charge in [0.05, 0.1) is 18.9 Å². The monoisotopic (exact) mass is 448 g/mol. The van der Waals surface area contributed by atoms with Crippen molar-refractivity contribution in [2.24, 2.45) is 0 Å². The van der Waals surface area contributed by atoms with Crippen LogP contribution in [0, 0.1) is 0 Å². The Bertz CT molecular complexity index is 1000. The summed E-state index contributed by atoms with van der Waals surface area (Å²) in [6.45, 7) is 3.27. The summed E-state index contributed by atoms with van der Waals surface area (Å²) in [5, 5.41) is 0. The molecule has 4 rings (SSSR count). The Morgan fingerprint density at radius 1 is 1.00 bits per heavy atom. The van der Waals surface area contributed by atoms with Gasteiger partial charge in [-0.1, -0.05) is 12.1 Å². The number of benzene rings is 1. The van der Waals surface area contributed by atoms with E-state index in [0.29, 0.717) is 5.56 Å². The van der Waals surface area contributed by atoms with Gasteiger partial charge in [0.25, 0.3) is 5.60 Å². The fraction of sp³-hybridized carbons (Fsp3) is 0.476. The third-order valence-corrected chi connectivity index (χ3v) is 5.52. The quantitative estimate of drug-likeness (QED) is 0.362. The highest BCUT2D eigenvalue weighted by atomic mass is 16.8. The molecule has 11 heteroatoms. The van der Waals surface area contributed by atoms with Crippen LogP contribution < -0.4 is 4.74 Å². The summed E-state index contributed by atoms with van der Waals surface area (Å²) in [7, 11) is 0. The molecule has 11 nitrogen and oxygen atoms in total. The van der Waals surface area contributed by atoms with Crippen LogP contribution in [0.1, 0.15) is 38.7 Å². The Labute approximate surface area is 181 Å². The highest BCUT2D eigenvalue weighted by Crippen LogP contribution is 2.58. The molecule has 0 N–H and O–H groups in total. The summed E-state index contributed by atoms with van der Waals surface area (Å²) in [4.78, 5) is 60.3. The van der Waals surface area contributed by atoms with Crippen LogP contribution in [0.15, 0.2) is 24.3 Å². The molecule has 0 unspecified atom stereocenters. The zero-order valence-electron chi connectivity index (χ0n) is 17.4. The van der Waals surface area contributed by atoms with Crippen molar-refractivity contribution in [1.29, 1.82) is 0 Å². The minimum absolute atomic E-state index is 0.237. The van der Waals surface area contributed by atoms with Crippen LogP contribution in [-0.2, 0) is 47.7 Å². The van der Waals surface area contributed by atoms with Crippen LogP contribution in [-0.4, -0.2) is 60.0 Å². The second-order valence-electron chi connectivity index (χ2n) is 7.68. The Morgan fingerprint density at radius 3 is 2.28 bits per heavy atom. The number of fused-ring (bicyclic) bond motifs is 2. The average Bonchev–Trinajstić information content (AvgIpc) is 3.28. The van der Waals surface area contributed by atoms with Gasteiger partial charge < -0.3 is 28.4 Å². The molecule has 0 bridgehead atoms. The van der Waals surface area contributed by atoms with E-state index in [1.54, 1.807) is 12.1 Å². The number of carbonyl (C=O) groups is 5. The highest BCUT2D eigenvalue weighted by molar-refractivity contribution is 5.93. The number of ether oxygens (including phenoxy) is 6. The van der Waals surface area contributed by atoms with E-state index in [1.807, 2.05) is 0 Å². The third-order valence-electron chi connectivity index (χ3n) is 5.52. The molecule has 32 heavy (non-hydrogen) atoms. The summed E-state index contributed by atoms with van der Waals surface area (Å²) in [5.41, 5.74) is -1.70. The van der Waals surface area contributed by atoms with Gasteiger partial charge >= 0.3 is 35.6 Å². The van der Waals surface area contributed by atoms with Gasteiger partial charge in [0.15, 0.2) is 6.10 Å². The average molecular weight is 448 g/mol. The van der Waals surface area contributed by atoms with Crippen molar-refractivity contribution < 1.29 is 52.4 Å². The first kappa shape index (κ1) is 21.8. The van der Waals surface area contributed by atoms with Gasteiger partial charge in [-0.05, 0) is 17.7 Å². The summed E-state index contributed by atoms with van der Waals surface area (Å²) < 4.78 is 32.4. The van der Waals surface area contributed by atoms with Crippen molar-refractivity contribution in [2.75, 3.05) is 6.61 Å². The zero-order valence-corrected chi connectivity index (χ0v) is 17.4. The minimum Gasteiger partial charge on any atom is -0.456 e. The Kier molecular flexibility index (Phi) is 5.16. The van der Waals surface area contributed by atoms with Gasteiger partial charge in [0.2, 0.25) is 6.10 Å². The van der Waals surface area contributed by atoms with E-state index in [0.717, 1.165) is 6.92 Å². The number of esters is 5. The van der Waals surface area contributed by atoms with Crippen molar-refractivity contribution >= 4 is 29.8 Å². The van der Waals surface area contributed by atoms with Crippen molar-refractivity contribution in [3.63, 3.8) is 0 Å². The molecule has 3 heterocycles. The molecular weight excluding hydrogens is 428 g/mol. The molecule has 1 aromatic rings. The number of hydrogen-bond acceptors (Lipinski definition) is 11. The largest absolute Gasteiger partial charge is 0.456 e. The second-order valence-corrected chi connectivity index (χ2v) is 7.68. The predicted octanol–water partition coefficient (Wildman–Crippen LogP) is 0.528. The molecule has 3 aliphatic heterocycles. The van der Waals surface area contributed by atoms with Crippen LogP contribution in [0.3, 0.4) is 0 Å². The standard InChI is InChI=1S/C21H20O11/c1-10(22)28-14-6-4-13(5-7-14)15-8-17(25)32-20(15)19(26)30-18-16(29-11(2)23)9-27-21(18,20)31-12(3)24/h4-7,15-16,18H,8-9H2,1-3H3/t15-,16+,18-,20-,21-/m1/s1. The fourth-order valence-electron chi connectivity index (χ4n) is 4.51.